The molecule has 5 nitrogen and oxygen atoms in total. The molecule has 0 heterocycles. The van der Waals surface area contributed by atoms with Crippen molar-refractivity contribution in [1.82, 2.24) is 10.6 Å². The van der Waals surface area contributed by atoms with Crippen LogP contribution in [-0.2, 0) is 9.59 Å². The van der Waals surface area contributed by atoms with E-state index < -0.39 is 5.60 Å². The van der Waals surface area contributed by atoms with E-state index in [4.69, 9.17) is 0 Å². The van der Waals surface area contributed by atoms with Gasteiger partial charge in [0.15, 0.2) is 0 Å². The van der Waals surface area contributed by atoms with Gasteiger partial charge in [0.05, 0.1) is 18.4 Å². The van der Waals surface area contributed by atoms with Crippen LogP contribution in [-0.4, -0.2) is 36.6 Å². The lowest BCUT2D eigenvalue weighted by Gasteiger charge is -2.20. The Morgan fingerprint density at radius 2 is 1.46 bits per heavy atom. The van der Waals surface area contributed by atoms with E-state index in [1.807, 2.05) is 0 Å². The summed E-state index contributed by atoms with van der Waals surface area (Å²) in [5.74, 6) is -0.567. The van der Waals surface area contributed by atoms with Gasteiger partial charge in [-0.05, 0) is 6.92 Å². The van der Waals surface area contributed by atoms with Crippen LogP contribution < -0.4 is 10.6 Å². The van der Waals surface area contributed by atoms with Gasteiger partial charge >= 0.3 is 0 Å². The van der Waals surface area contributed by atoms with E-state index in [9.17, 15) is 14.7 Å². The molecule has 0 atom stereocenters. The summed E-state index contributed by atoms with van der Waals surface area (Å²) >= 11 is 0. The molecule has 76 valence electrons. The first-order chi connectivity index (χ1) is 5.91. The van der Waals surface area contributed by atoms with Gasteiger partial charge in [0.1, 0.15) is 0 Å². The maximum atomic E-state index is 10.9. The number of hydrogen-bond acceptors (Lipinski definition) is 3. The van der Waals surface area contributed by atoms with Crippen LogP contribution in [0.15, 0.2) is 0 Å². The Hall–Kier alpha value is -1.10. The van der Waals surface area contributed by atoms with Gasteiger partial charge in [0.25, 0.3) is 0 Å². The minimum atomic E-state index is -1.28. The number of nitrogens with one attached hydrogen (secondary N) is 2. The fourth-order valence-electron chi connectivity index (χ4n) is 0.931. The third-order valence-electron chi connectivity index (χ3n) is 1.64. The number of carbonyl (C=O) groups excluding carboxylic acids is 2. The molecule has 0 aliphatic carbocycles. The average Bonchev–Trinajstić information content (AvgIpc) is 2.02. The van der Waals surface area contributed by atoms with Crippen molar-refractivity contribution in [2.75, 3.05) is 14.1 Å². The van der Waals surface area contributed by atoms with Gasteiger partial charge in [-0.1, -0.05) is 0 Å². The van der Waals surface area contributed by atoms with Crippen LogP contribution in [0.3, 0.4) is 0 Å². The highest BCUT2D eigenvalue weighted by Gasteiger charge is 2.26. The summed E-state index contributed by atoms with van der Waals surface area (Å²) in [5.41, 5.74) is -1.28. The zero-order valence-corrected chi connectivity index (χ0v) is 8.18. The summed E-state index contributed by atoms with van der Waals surface area (Å²) < 4.78 is 0. The van der Waals surface area contributed by atoms with E-state index in [0.29, 0.717) is 0 Å². The second-order valence-corrected chi connectivity index (χ2v) is 3.20. The SMILES string of the molecule is CNC(=O)CC(C)(O)CC(=O)NC. The predicted octanol–water partition coefficient (Wildman–Crippen LogP) is -0.990. The van der Waals surface area contributed by atoms with Crippen molar-refractivity contribution in [2.45, 2.75) is 25.4 Å². The molecule has 0 aromatic carbocycles. The molecule has 13 heavy (non-hydrogen) atoms. The fraction of sp³-hybridized carbons (Fsp3) is 0.750. The van der Waals surface area contributed by atoms with Crippen LogP contribution in [0.25, 0.3) is 0 Å². The van der Waals surface area contributed by atoms with E-state index in [2.05, 4.69) is 10.6 Å². The van der Waals surface area contributed by atoms with Crippen LogP contribution in [0.1, 0.15) is 19.8 Å². The maximum Gasteiger partial charge on any atom is 0.222 e. The molecule has 0 rings (SSSR count). The second-order valence-electron chi connectivity index (χ2n) is 3.20. The molecule has 3 N–H and O–H groups in total. The molecule has 0 spiro atoms. The van der Waals surface area contributed by atoms with Crippen molar-refractivity contribution in [3.8, 4) is 0 Å². The number of carbonyl (C=O) groups is 2. The quantitative estimate of drug-likeness (QED) is 0.530. The monoisotopic (exact) mass is 188 g/mol. The normalized spacial score (nSPS) is 10.8. The van der Waals surface area contributed by atoms with Crippen molar-refractivity contribution in [3.63, 3.8) is 0 Å². The van der Waals surface area contributed by atoms with Gasteiger partial charge in [-0.15, -0.1) is 0 Å². The second kappa shape index (κ2) is 4.81. The molecule has 0 unspecified atom stereocenters. The third kappa shape index (κ3) is 5.19. The summed E-state index contributed by atoms with van der Waals surface area (Å²) in [4.78, 5) is 21.8. The summed E-state index contributed by atoms with van der Waals surface area (Å²) in [5, 5.41) is 14.4. The minimum absolute atomic E-state index is 0.0725. The largest absolute Gasteiger partial charge is 0.389 e. The Balaban J connectivity index is 4.07. The molecule has 0 saturated heterocycles. The molecule has 5 heteroatoms. The van der Waals surface area contributed by atoms with Crippen LogP contribution >= 0.6 is 0 Å². The van der Waals surface area contributed by atoms with Crippen molar-refractivity contribution < 1.29 is 14.7 Å². The summed E-state index contributed by atoms with van der Waals surface area (Å²) in [6, 6.07) is 0. The third-order valence-corrected chi connectivity index (χ3v) is 1.64. The number of amides is 2. The Morgan fingerprint density at radius 3 is 1.69 bits per heavy atom. The highest BCUT2D eigenvalue weighted by atomic mass is 16.3. The van der Waals surface area contributed by atoms with E-state index in [0.717, 1.165) is 0 Å². The molecule has 0 aromatic rings. The predicted molar refractivity (Wildman–Crippen MR) is 48.0 cm³/mol. The number of aliphatic hydroxyl groups is 1. The lowest BCUT2D eigenvalue weighted by molar-refractivity contribution is -0.129. The van der Waals surface area contributed by atoms with E-state index in [1.165, 1.54) is 21.0 Å². The average molecular weight is 188 g/mol. The molecule has 0 bridgehead atoms. The first-order valence-electron chi connectivity index (χ1n) is 4.05. The minimum Gasteiger partial charge on any atom is -0.389 e. The lowest BCUT2D eigenvalue weighted by Crippen LogP contribution is -2.37. The molecule has 0 fully saturated rings. The standard InChI is InChI=1S/C8H16N2O3/c1-8(13,4-6(11)9-2)5-7(12)10-3/h13H,4-5H2,1-3H3,(H,9,11)(H,10,12). The molecular weight excluding hydrogens is 172 g/mol. The molecular formula is C8H16N2O3. The van der Waals surface area contributed by atoms with E-state index >= 15 is 0 Å². The van der Waals surface area contributed by atoms with Crippen molar-refractivity contribution >= 4 is 11.8 Å². The van der Waals surface area contributed by atoms with Gasteiger partial charge in [-0.3, -0.25) is 9.59 Å². The molecule has 2 amide bonds. The number of rotatable bonds is 4. The van der Waals surface area contributed by atoms with Gasteiger partial charge in [-0.25, -0.2) is 0 Å². The van der Waals surface area contributed by atoms with Gasteiger partial charge < -0.3 is 15.7 Å². The van der Waals surface area contributed by atoms with Gasteiger partial charge in [0.2, 0.25) is 11.8 Å². The Labute approximate surface area is 77.5 Å². The summed E-state index contributed by atoms with van der Waals surface area (Å²) in [6.07, 6.45) is -0.145. The molecule has 0 radical (unpaired) electrons. The Morgan fingerprint density at radius 1 is 1.15 bits per heavy atom. The zero-order chi connectivity index (χ0) is 10.5. The van der Waals surface area contributed by atoms with Gasteiger partial charge in [0, 0.05) is 14.1 Å². The van der Waals surface area contributed by atoms with Crippen LogP contribution in [0, 0.1) is 0 Å². The lowest BCUT2D eigenvalue weighted by atomic mass is 9.97. The van der Waals surface area contributed by atoms with Crippen molar-refractivity contribution in [2.24, 2.45) is 0 Å². The van der Waals surface area contributed by atoms with Crippen molar-refractivity contribution in [1.29, 1.82) is 0 Å². The van der Waals surface area contributed by atoms with Crippen LogP contribution in [0.2, 0.25) is 0 Å². The summed E-state index contributed by atoms with van der Waals surface area (Å²) in [7, 11) is 2.97. The van der Waals surface area contributed by atoms with E-state index in [-0.39, 0.29) is 24.7 Å². The molecule has 0 aromatic heterocycles. The fourth-order valence-corrected chi connectivity index (χ4v) is 0.931. The highest BCUT2D eigenvalue weighted by Crippen LogP contribution is 2.13. The van der Waals surface area contributed by atoms with Crippen molar-refractivity contribution in [3.05, 3.63) is 0 Å². The van der Waals surface area contributed by atoms with Crippen LogP contribution in [0.5, 0.6) is 0 Å². The Bertz CT molecular complexity index is 182. The zero-order valence-electron chi connectivity index (χ0n) is 8.18. The van der Waals surface area contributed by atoms with E-state index in [1.54, 1.807) is 0 Å². The molecule has 0 saturated carbocycles. The molecule has 0 aliphatic heterocycles. The smallest absolute Gasteiger partial charge is 0.222 e. The highest BCUT2D eigenvalue weighted by molar-refractivity contribution is 5.80. The van der Waals surface area contributed by atoms with Gasteiger partial charge in [-0.2, -0.15) is 0 Å². The summed E-state index contributed by atoms with van der Waals surface area (Å²) in [6.45, 7) is 1.46. The first kappa shape index (κ1) is 11.9. The Kier molecular flexibility index (Phi) is 4.40. The van der Waals surface area contributed by atoms with Crippen LogP contribution in [0.4, 0.5) is 0 Å². The first-order valence-corrected chi connectivity index (χ1v) is 4.05. The molecule has 0 aliphatic rings. The topological polar surface area (TPSA) is 78.4 Å². The number of hydrogen-bond donors (Lipinski definition) is 3. The maximum absolute atomic E-state index is 10.9.